The Bertz CT molecular complexity index is 645. The number of hydrogen-bond acceptors (Lipinski definition) is 5. The van der Waals surface area contributed by atoms with Crippen LogP contribution in [-0.4, -0.2) is 25.0 Å². The number of aryl methyl sites for hydroxylation is 1. The zero-order valence-electron chi connectivity index (χ0n) is 14.7. The average Bonchev–Trinajstić information content (AvgIpc) is 2.62. The highest BCUT2D eigenvalue weighted by Gasteiger charge is 2.23. The molecule has 0 aromatic heterocycles. The summed E-state index contributed by atoms with van der Waals surface area (Å²) in [5, 5.41) is 0. The van der Waals surface area contributed by atoms with E-state index < -0.39 is 20.4 Å². The SMILES string of the molecule is CCOC(=O)C(C)OP(COc1ccc(C)cc1)Oc1ccccc1. The van der Waals surface area contributed by atoms with Crippen LogP contribution in [0.4, 0.5) is 0 Å². The molecule has 2 aromatic rings. The molecule has 0 aliphatic heterocycles. The first kappa shape index (κ1) is 19.2. The monoisotopic (exact) mass is 362 g/mol. The summed E-state index contributed by atoms with van der Waals surface area (Å²) in [6, 6.07) is 17.0. The van der Waals surface area contributed by atoms with Crippen LogP contribution < -0.4 is 9.26 Å². The van der Waals surface area contributed by atoms with Crippen molar-refractivity contribution in [3.8, 4) is 11.5 Å². The minimum absolute atomic E-state index is 0.205. The first-order valence-electron chi connectivity index (χ1n) is 8.12. The van der Waals surface area contributed by atoms with Gasteiger partial charge >= 0.3 is 5.97 Å². The lowest BCUT2D eigenvalue weighted by Gasteiger charge is -2.21. The van der Waals surface area contributed by atoms with Gasteiger partial charge < -0.3 is 18.5 Å². The summed E-state index contributed by atoms with van der Waals surface area (Å²) in [6.45, 7) is 5.73. The quantitative estimate of drug-likeness (QED) is 0.478. The van der Waals surface area contributed by atoms with Crippen LogP contribution in [0.25, 0.3) is 0 Å². The zero-order valence-corrected chi connectivity index (χ0v) is 15.6. The molecule has 5 nitrogen and oxygen atoms in total. The third-order valence-corrected chi connectivity index (χ3v) is 4.51. The van der Waals surface area contributed by atoms with E-state index in [0.717, 1.165) is 11.3 Å². The van der Waals surface area contributed by atoms with Gasteiger partial charge in [-0.15, -0.1) is 0 Å². The third-order valence-electron chi connectivity index (χ3n) is 3.20. The number of esters is 1. The lowest BCUT2D eigenvalue weighted by molar-refractivity contribution is -0.150. The molecule has 0 fully saturated rings. The smallest absolute Gasteiger partial charge is 0.335 e. The minimum Gasteiger partial charge on any atom is -0.483 e. The molecule has 6 heteroatoms. The third kappa shape index (κ3) is 6.73. The second kappa shape index (κ2) is 10.0. The standard InChI is InChI=1S/C19H23O5P/c1-4-21-19(20)16(3)23-25(24-18-8-6-5-7-9-18)14-22-17-12-10-15(2)11-13-17/h5-13,16H,4,14H2,1-3H3. The van der Waals surface area contributed by atoms with Crippen molar-refractivity contribution in [3.63, 3.8) is 0 Å². The molecule has 2 aromatic carbocycles. The van der Waals surface area contributed by atoms with Crippen molar-refractivity contribution in [2.24, 2.45) is 0 Å². The average molecular weight is 362 g/mol. The fourth-order valence-corrected chi connectivity index (χ4v) is 3.12. The van der Waals surface area contributed by atoms with Crippen molar-refractivity contribution in [2.75, 3.05) is 13.0 Å². The van der Waals surface area contributed by atoms with Crippen LogP contribution in [-0.2, 0) is 14.1 Å². The van der Waals surface area contributed by atoms with Crippen LogP contribution in [0.1, 0.15) is 19.4 Å². The van der Waals surface area contributed by atoms with Gasteiger partial charge in [-0.05, 0) is 45.0 Å². The van der Waals surface area contributed by atoms with Crippen LogP contribution in [0.15, 0.2) is 54.6 Å². The molecule has 0 N–H and O–H groups in total. The maximum absolute atomic E-state index is 11.8. The highest BCUT2D eigenvalue weighted by atomic mass is 31.2. The van der Waals surface area contributed by atoms with E-state index in [0.29, 0.717) is 12.4 Å². The largest absolute Gasteiger partial charge is 0.483 e. The van der Waals surface area contributed by atoms with Crippen LogP contribution in [0.2, 0.25) is 0 Å². The molecule has 0 saturated carbocycles. The molecule has 0 amide bonds. The Balaban J connectivity index is 2.00. The van der Waals surface area contributed by atoms with Crippen molar-refractivity contribution in [1.82, 2.24) is 0 Å². The molecule has 0 radical (unpaired) electrons. The van der Waals surface area contributed by atoms with Crippen LogP contribution in [0.3, 0.4) is 0 Å². The van der Waals surface area contributed by atoms with Gasteiger partial charge in [-0.25, -0.2) is 4.79 Å². The lowest BCUT2D eigenvalue weighted by Crippen LogP contribution is -2.23. The number of benzene rings is 2. The van der Waals surface area contributed by atoms with Crippen LogP contribution >= 0.6 is 8.38 Å². The second-order valence-corrected chi connectivity index (χ2v) is 6.64. The van der Waals surface area contributed by atoms with Crippen molar-refractivity contribution in [2.45, 2.75) is 26.9 Å². The Morgan fingerprint density at radius 1 is 1.04 bits per heavy atom. The maximum Gasteiger partial charge on any atom is 0.335 e. The molecule has 25 heavy (non-hydrogen) atoms. The number of para-hydroxylation sites is 1. The molecule has 0 heterocycles. The highest BCUT2D eigenvalue weighted by molar-refractivity contribution is 7.47. The fraction of sp³-hybridized carbons (Fsp3) is 0.316. The highest BCUT2D eigenvalue weighted by Crippen LogP contribution is 2.41. The van der Waals surface area contributed by atoms with Crippen molar-refractivity contribution < 1.29 is 23.3 Å². The van der Waals surface area contributed by atoms with Gasteiger partial charge in [-0.1, -0.05) is 35.9 Å². The lowest BCUT2D eigenvalue weighted by atomic mass is 10.2. The van der Waals surface area contributed by atoms with Gasteiger partial charge in [0.1, 0.15) is 11.5 Å². The van der Waals surface area contributed by atoms with Crippen molar-refractivity contribution >= 4 is 14.3 Å². The topological polar surface area (TPSA) is 54.0 Å². The van der Waals surface area contributed by atoms with Gasteiger partial charge in [0.05, 0.1) is 6.61 Å². The number of carbonyl (C=O) groups is 1. The Morgan fingerprint density at radius 3 is 2.36 bits per heavy atom. The molecule has 0 bridgehead atoms. The summed E-state index contributed by atoms with van der Waals surface area (Å²) in [7, 11) is -1.47. The normalized spacial score (nSPS) is 12.9. The van der Waals surface area contributed by atoms with Gasteiger partial charge in [0.25, 0.3) is 8.38 Å². The molecule has 0 saturated heterocycles. The summed E-state index contributed by atoms with van der Waals surface area (Å²) in [5.74, 6) is 0.973. The van der Waals surface area contributed by atoms with Crippen molar-refractivity contribution in [1.29, 1.82) is 0 Å². The number of hydrogen-bond donors (Lipinski definition) is 0. The predicted molar refractivity (Wildman–Crippen MR) is 97.8 cm³/mol. The molecular weight excluding hydrogens is 339 g/mol. The van der Waals surface area contributed by atoms with E-state index in [4.69, 9.17) is 18.5 Å². The van der Waals surface area contributed by atoms with Gasteiger partial charge in [0.2, 0.25) is 0 Å². The number of rotatable bonds is 9. The molecule has 0 aliphatic rings. The van der Waals surface area contributed by atoms with Crippen LogP contribution in [0.5, 0.6) is 11.5 Å². The van der Waals surface area contributed by atoms with Crippen LogP contribution in [0, 0.1) is 6.92 Å². The Morgan fingerprint density at radius 2 is 1.72 bits per heavy atom. The van der Waals surface area contributed by atoms with E-state index in [9.17, 15) is 4.79 Å². The predicted octanol–water partition coefficient (Wildman–Crippen LogP) is 4.69. The Labute approximate surface area is 149 Å². The van der Waals surface area contributed by atoms with E-state index >= 15 is 0 Å². The van der Waals surface area contributed by atoms with Gasteiger partial charge in [-0.2, -0.15) is 0 Å². The minimum atomic E-state index is -1.47. The Hall–Kier alpha value is -2.10. The molecule has 2 unspecified atom stereocenters. The van der Waals surface area contributed by atoms with E-state index in [1.165, 1.54) is 0 Å². The molecular formula is C19H23O5P. The summed E-state index contributed by atoms with van der Waals surface area (Å²) in [4.78, 5) is 11.8. The van der Waals surface area contributed by atoms with E-state index in [1.807, 2.05) is 61.5 Å². The van der Waals surface area contributed by atoms with Gasteiger partial charge in [-0.3, -0.25) is 0 Å². The molecule has 0 spiro atoms. The Kier molecular flexibility index (Phi) is 7.71. The molecule has 2 atom stereocenters. The van der Waals surface area contributed by atoms with E-state index in [2.05, 4.69) is 0 Å². The second-order valence-electron chi connectivity index (χ2n) is 5.32. The summed E-state index contributed by atoms with van der Waals surface area (Å²) < 4.78 is 22.4. The van der Waals surface area contributed by atoms with E-state index in [1.54, 1.807) is 13.8 Å². The molecule has 134 valence electrons. The summed E-state index contributed by atoms with van der Waals surface area (Å²) >= 11 is 0. The maximum atomic E-state index is 11.8. The molecule has 0 aliphatic carbocycles. The number of carbonyl (C=O) groups excluding carboxylic acids is 1. The zero-order chi connectivity index (χ0) is 18.1. The fourth-order valence-electron chi connectivity index (χ4n) is 1.92. The van der Waals surface area contributed by atoms with Crippen molar-refractivity contribution in [3.05, 3.63) is 60.2 Å². The van der Waals surface area contributed by atoms with Gasteiger partial charge in [0, 0.05) is 0 Å². The summed E-state index contributed by atoms with van der Waals surface area (Å²) in [5.41, 5.74) is 1.15. The first-order chi connectivity index (χ1) is 12.1. The summed E-state index contributed by atoms with van der Waals surface area (Å²) in [6.07, 6.45) is -0.520. The van der Waals surface area contributed by atoms with E-state index in [-0.39, 0.29) is 6.35 Å². The first-order valence-corrected chi connectivity index (χ1v) is 9.48. The molecule has 2 rings (SSSR count). The number of ether oxygens (including phenoxy) is 2. The van der Waals surface area contributed by atoms with Gasteiger partial charge in [0.15, 0.2) is 12.5 Å².